The second-order valence-corrected chi connectivity index (χ2v) is 7.12. The topological polar surface area (TPSA) is 77.8 Å². The lowest BCUT2D eigenvalue weighted by molar-refractivity contribution is 0.326. The molecule has 0 spiro atoms. The van der Waals surface area contributed by atoms with Crippen LogP contribution in [-0.4, -0.2) is 21.2 Å². The maximum absolute atomic E-state index is 6.25. The Hall–Kier alpha value is -0.790. The highest BCUT2D eigenvalue weighted by Gasteiger charge is 2.27. The van der Waals surface area contributed by atoms with Crippen molar-refractivity contribution in [3.63, 3.8) is 0 Å². The van der Waals surface area contributed by atoms with Gasteiger partial charge in [-0.15, -0.1) is 0 Å². The average molecular weight is 416 g/mol. The first-order chi connectivity index (χ1) is 10.1. The molecule has 5 nitrogen and oxygen atoms in total. The van der Waals surface area contributed by atoms with Crippen LogP contribution in [0.2, 0.25) is 0 Å². The standard InChI is InChI=1S/C14H16Br2N4O/c15-8-6-10(16)12(18-7-8)13-19-14(21-20-13)9-4-2-1-3-5-11(9)17/h6-7,9,11H,1-5,17H2. The van der Waals surface area contributed by atoms with E-state index in [0.717, 1.165) is 28.2 Å². The molecule has 2 aromatic rings. The lowest BCUT2D eigenvalue weighted by Gasteiger charge is -2.16. The molecule has 2 aromatic heterocycles. The molecule has 0 bridgehead atoms. The van der Waals surface area contributed by atoms with Crippen LogP contribution in [0.1, 0.15) is 43.9 Å². The van der Waals surface area contributed by atoms with Crippen molar-refractivity contribution in [2.75, 3.05) is 0 Å². The Kier molecular flexibility index (Phi) is 4.71. The minimum absolute atomic E-state index is 0.0992. The molecular weight excluding hydrogens is 400 g/mol. The lowest BCUT2D eigenvalue weighted by atomic mass is 9.95. The zero-order valence-corrected chi connectivity index (χ0v) is 14.6. The number of pyridine rings is 1. The summed E-state index contributed by atoms with van der Waals surface area (Å²) < 4.78 is 7.18. The smallest absolute Gasteiger partial charge is 0.231 e. The minimum Gasteiger partial charge on any atom is -0.339 e. The average Bonchev–Trinajstić information content (AvgIpc) is 2.82. The summed E-state index contributed by atoms with van der Waals surface area (Å²) in [4.78, 5) is 8.86. The number of hydrogen-bond donors (Lipinski definition) is 1. The van der Waals surface area contributed by atoms with Gasteiger partial charge in [0.1, 0.15) is 5.69 Å². The van der Waals surface area contributed by atoms with E-state index in [4.69, 9.17) is 10.3 Å². The molecule has 2 heterocycles. The van der Waals surface area contributed by atoms with Gasteiger partial charge in [-0.1, -0.05) is 24.4 Å². The normalized spacial score (nSPS) is 23.0. The molecular formula is C14H16Br2N4O. The SMILES string of the molecule is NC1CCCCCC1c1nc(-c2ncc(Br)cc2Br)no1. The molecule has 2 atom stereocenters. The molecule has 21 heavy (non-hydrogen) atoms. The van der Waals surface area contributed by atoms with E-state index in [1.54, 1.807) is 6.20 Å². The van der Waals surface area contributed by atoms with Crippen LogP contribution in [0.25, 0.3) is 11.5 Å². The van der Waals surface area contributed by atoms with Gasteiger partial charge in [-0.3, -0.25) is 4.98 Å². The number of halogens is 2. The summed E-state index contributed by atoms with van der Waals surface area (Å²) in [7, 11) is 0. The van der Waals surface area contributed by atoms with Gasteiger partial charge in [-0.25, -0.2) is 0 Å². The largest absolute Gasteiger partial charge is 0.339 e. The van der Waals surface area contributed by atoms with Gasteiger partial charge in [0.15, 0.2) is 0 Å². The number of hydrogen-bond acceptors (Lipinski definition) is 5. The van der Waals surface area contributed by atoms with Crippen LogP contribution in [-0.2, 0) is 0 Å². The zero-order chi connectivity index (χ0) is 14.8. The third kappa shape index (κ3) is 3.35. The van der Waals surface area contributed by atoms with Gasteiger partial charge in [0.05, 0.1) is 5.92 Å². The quantitative estimate of drug-likeness (QED) is 0.749. The molecule has 7 heteroatoms. The Morgan fingerprint density at radius 2 is 2.00 bits per heavy atom. The number of aromatic nitrogens is 3. The number of nitrogens with two attached hydrogens (primary N) is 1. The first kappa shape index (κ1) is 15.1. The number of nitrogens with zero attached hydrogens (tertiary/aromatic N) is 3. The molecule has 112 valence electrons. The first-order valence-corrected chi connectivity index (χ1v) is 8.64. The van der Waals surface area contributed by atoms with Crippen molar-refractivity contribution in [2.24, 2.45) is 5.73 Å². The van der Waals surface area contributed by atoms with Crippen LogP contribution in [0, 0.1) is 0 Å². The van der Waals surface area contributed by atoms with Crippen LogP contribution in [0.5, 0.6) is 0 Å². The Bertz CT molecular complexity index is 631. The zero-order valence-electron chi connectivity index (χ0n) is 11.4. The van der Waals surface area contributed by atoms with Crippen LogP contribution in [0.15, 0.2) is 25.7 Å². The van der Waals surface area contributed by atoms with Crippen molar-refractivity contribution in [1.29, 1.82) is 0 Å². The van der Waals surface area contributed by atoms with Gasteiger partial charge in [0.25, 0.3) is 0 Å². The second-order valence-electron chi connectivity index (χ2n) is 5.35. The van der Waals surface area contributed by atoms with Crippen molar-refractivity contribution in [3.05, 3.63) is 27.1 Å². The molecule has 2 unspecified atom stereocenters. The highest BCUT2D eigenvalue weighted by atomic mass is 79.9. The Morgan fingerprint density at radius 3 is 2.81 bits per heavy atom. The molecule has 0 aromatic carbocycles. The Balaban J connectivity index is 1.88. The Morgan fingerprint density at radius 1 is 1.19 bits per heavy atom. The maximum atomic E-state index is 6.25. The minimum atomic E-state index is 0.0992. The van der Waals surface area contributed by atoms with Crippen molar-refractivity contribution in [1.82, 2.24) is 15.1 Å². The molecule has 2 N–H and O–H groups in total. The summed E-state index contributed by atoms with van der Waals surface area (Å²) in [6.45, 7) is 0. The monoisotopic (exact) mass is 414 g/mol. The van der Waals surface area contributed by atoms with Crippen molar-refractivity contribution < 1.29 is 4.52 Å². The summed E-state index contributed by atoms with van der Waals surface area (Å²) in [5.74, 6) is 1.29. The second kappa shape index (κ2) is 6.54. The fourth-order valence-corrected chi connectivity index (χ4v) is 3.87. The Labute approximate surface area is 140 Å². The van der Waals surface area contributed by atoms with Gasteiger partial charge in [-0.2, -0.15) is 4.98 Å². The van der Waals surface area contributed by atoms with E-state index in [9.17, 15) is 0 Å². The van der Waals surface area contributed by atoms with E-state index < -0.39 is 0 Å². The summed E-state index contributed by atoms with van der Waals surface area (Å²) in [6.07, 6.45) is 7.31. The van der Waals surface area contributed by atoms with E-state index in [0.29, 0.717) is 17.4 Å². The molecule has 0 amide bonds. The fraction of sp³-hybridized carbons (Fsp3) is 0.500. The first-order valence-electron chi connectivity index (χ1n) is 7.06. The number of rotatable bonds is 2. The summed E-state index contributed by atoms with van der Waals surface area (Å²) >= 11 is 6.85. The summed E-state index contributed by atoms with van der Waals surface area (Å²) in [5, 5.41) is 4.07. The van der Waals surface area contributed by atoms with E-state index in [-0.39, 0.29) is 12.0 Å². The molecule has 1 aliphatic rings. The van der Waals surface area contributed by atoms with Crippen molar-refractivity contribution in [3.8, 4) is 11.5 Å². The van der Waals surface area contributed by atoms with Crippen LogP contribution < -0.4 is 5.73 Å². The lowest BCUT2D eigenvalue weighted by Crippen LogP contribution is -2.27. The van der Waals surface area contributed by atoms with Crippen molar-refractivity contribution >= 4 is 31.9 Å². The van der Waals surface area contributed by atoms with E-state index in [2.05, 4.69) is 47.0 Å². The predicted molar refractivity (Wildman–Crippen MR) is 86.7 cm³/mol. The third-order valence-electron chi connectivity index (χ3n) is 3.85. The van der Waals surface area contributed by atoms with Gasteiger partial charge in [0.2, 0.25) is 11.7 Å². The van der Waals surface area contributed by atoms with Gasteiger partial charge in [0, 0.05) is 21.2 Å². The van der Waals surface area contributed by atoms with Crippen molar-refractivity contribution in [2.45, 2.75) is 44.1 Å². The molecule has 0 saturated heterocycles. The van der Waals surface area contributed by atoms with Crippen LogP contribution >= 0.6 is 31.9 Å². The van der Waals surface area contributed by atoms with E-state index in [1.807, 2.05) is 6.07 Å². The molecule has 1 fully saturated rings. The van der Waals surface area contributed by atoms with Crippen LogP contribution in [0.4, 0.5) is 0 Å². The van der Waals surface area contributed by atoms with Gasteiger partial charge >= 0.3 is 0 Å². The molecule has 1 aliphatic carbocycles. The fourth-order valence-electron chi connectivity index (χ4n) is 2.70. The predicted octanol–water partition coefficient (Wildman–Crippen LogP) is 4.03. The molecule has 1 saturated carbocycles. The van der Waals surface area contributed by atoms with Gasteiger partial charge < -0.3 is 10.3 Å². The highest BCUT2D eigenvalue weighted by Crippen LogP contribution is 2.32. The molecule has 0 aliphatic heterocycles. The third-order valence-corrected chi connectivity index (χ3v) is 4.89. The van der Waals surface area contributed by atoms with E-state index >= 15 is 0 Å². The highest BCUT2D eigenvalue weighted by molar-refractivity contribution is 9.11. The summed E-state index contributed by atoms with van der Waals surface area (Å²) in [5.41, 5.74) is 6.93. The maximum Gasteiger partial charge on any atom is 0.231 e. The summed E-state index contributed by atoms with van der Waals surface area (Å²) in [6, 6.07) is 2.01. The van der Waals surface area contributed by atoms with Gasteiger partial charge in [-0.05, 0) is 50.8 Å². The molecule has 3 rings (SSSR count). The van der Waals surface area contributed by atoms with E-state index in [1.165, 1.54) is 12.8 Å². The molecule has 0 radical (unpaired) electrons. The van der Waals surface area contributed by atoms with Crippen LogP contribution in [0.3, 0.4) is 0 Å².